The summed E-state index contributed by atoms with van der Waals surface area (Å²) < 4.78 is 0. The Morgan fingerprint density at radius 1 is 1.03 bits per heavy atom. The Bertz CT molecular complexity index is 912. The topological polar surface area (TPSA) is 45.5 Å². The molecular weight excluding hydrogens is 356 g/mol. The van der Waals surface area contributed by atoms with E-state index in [4.69, 9.17) is 0 Å². The predicted molar refractivity (Wildman–Crippen MR) is 118 cm³/mol. The lowest BCUT2D eigenvalue weighted by Gasteiger charge is -2.60. The average molecular weight is 391 g/mol. The third-order valence-electron chi connectivity index (χ3n) is 9.41. The maximum atomic E-state index is 9.58. The van der Waals surface area contributed by atoms with Gasteiger partial charge in [0.1, 0.15) is 0 Å². The molecule has 1 aromatic rings. The number of allylic oxidation sites excluding steroid dienone is 4. The molecule has 0 bridgehead atoms. The summed E-state index contributed by atoms with van der Waals surface area (Å²) in [6.45, 7) is 9.55. The third-order valence-corrected chi connectivity index (χ3v) is 9.41. The molecule has 5 atom stereocenters. The van der Waals surface area contributed by atoms with Gasteiger partial charge in [-0.25, -0.2) is 0 Å². The van der Waals surface area contributed by atoms with Crippen molar-refractivity contribution in [3.63, 3.8) is 0 Å². The first-order chi connectivity index (χ1) is 13.8. The molecule has 2 saturated carbocycles. The molecule has 0 amide bonds. The second kappa shape index (κ2) is 6.30. The molecule has 2 fully saturated rings. The molecule has 3 unspecified atom stereocenters. The number of fused-ring (bicyclic) bond motifs is 5. The van der Waals surface area contributed by atoms with Crippen LogP contribution >= 0.6 is 0 Å². The van der Waals surface area contributed by atoms with Crippen molar-refractivity contribution in [2.45, 2.75) is 66.2 Å². The Kier molecular flexibility index (Phi) is 4.14. The molecule has 1 heterocycles. The second-order valence-corrected chi connectivity index (χ2v) is 10.9. The number of hydrogen-bond acceptors (Lipinski definition) is 3. The molecule has 3 nitrogen and oxygen atoms in total. The molecule has 0 spiro atoms. The summed E-state index contributed by atoms with van der Waals surface area (Å²) in [5.74, 6) is 2.21. The van der Waals surface area contributed by atoms with Gasteiger partial charge >= 0.3 is 0 Å². The van der Waals surface area contributed by atoms with Gasteiger partial charge in [-0.05, 0) is 84.3 Å². The van der Waals surface area contributed by atoms with E-state index in [1.54, 1.807) is 0 Å². The van der Waals surface area contributed by atoms with E-state index in [2.05, 4.69) is 62.1 Å². The molecule has 154 valence electrons. The SMILES string of the molecule is CC1(C)C2=CCC3C(CC[C@]4(C)C(c5cccnc5)=CCC34)[C@@]2(C)CCC1=NO. The van der Waals surface area contributed by atoms with Crippen LogP contribution in [0, 0.1) is 34.0 Å². The first-order valence-electron chi connectivity index (χ1n) is 11.4. The number of aromatic nitrogens is 1. The van der Waals surface area contributed by atoms with Gasteiger partial charge in [-0.15, -0.1) is 0 Å². The minimum Gasteiger partial charge on any atom is -0.411 e. The Labute approximate surface area is 175 Å². The van der Waals surface area contributed by atoms with Gasteiger partial charge in [0.05, 0.1) is 5.71 Å². The van der Waals surface area contributed by atoms with Crippen molar-refractivity contribution in [3.8, 4) is 0 Å². The van der Waals surface area contributed by atoms with E-state index in [9.17, 15) is 5.21 Å². The maximum Gasteiger partial charge on any atom is 0.0667 e. The fraction of sp³-hybridized carbons (Fsp3) is 0.615. The summed E-state index contributed by atoms with van der Waals surface area (Å²) in [4.78, 5) is 4.39. The van der Waals surface area contributed by atoms with E-state index < -0.39 is 0 Å². The molecular formula is C26H34N2O. The van der Waals surface area contributed by atoms with Crippen molar-refractivity contribution in [1.29, 1.82) is 0 Å². The molecule has 0 saturated heterocycles. The minimum absolute atomic E-state index is 0.123. The van der Waals surface area contributed by atoms with Crippen LogP contribution in [0.4, 0.5) is 0 Å². The molecule has 5 rings (SSSR count). The lowest BCUT2D eigenvalue weighted by Crippen LogP contribution is -2.53. The van der Waals surface area contributed by atoms with Crippen molar-refractivity contribution in [2.75, 3.05) is 0 Å². The van der Waals surface area contributed by atoms with Crippen LogP contribution in [0.3, 0.4) is 0 Å². The van der Waals surface area contributed by atoms with Gasteiger partial charge in [0, 0.05) is 17.8 Å². The quantitative estimate of drug-likeness (QED) is 0.338. The van der Waals surface area contributed by atoms with Gasteiger partial charge in [0.2, 0.25) is 0 Å². The lowest BCUT2D eigenvalue weighted by molar-refractivity contribution is -0.0117. The zero-order valence-electron chi connectivity index (χ0n) is 18.3. The Hall–Kier alpha value is -1.90. The van der Waals surface area contributed by atoms with Crippen LogP contribution in [0.2, 0.25) is 0 Å². The van der Waals surface area contributed by atoms with Crippen molar-refractivity contribution < 1.29 is 5.21 Å². The van der Waals surface area contributed by atoms with Crippen LogP contribution in [0.5, 0.6) is 0 Å². The van der Waals surface area contributed by atoms with E-state index in [1.165, 1.54) is 42.4 Å². The number of nitrogens with zero attached hydrogens (tertiary/aromatic N) is 2. The van der Waals surface area contributed by atoms with Crippen LogP contribution in [0.15, 0.2) is 47.4 Å². The van der Waals surface area contributed by atoms with Crippen molar-refractivity contribution in [3.05, 3.63) is 47.8 Å². The minimum atomic E-state index is -0.123. The zero-order valence-corrected chi connectivity index (χ0v) is 18.3. The molecule has 4 aliphatic rings. The van der Waals surface area contributed by atoms with E-state index in [-0.39, 0.29) is 16.2 Å². The summed E-state index contributed by atoms with van der Waals surface area (Å²) in [5.41, 5.74) is 5.73. The van der Waals surface area contributed by atoms with Gasteiger partial charge < -0.3 is 5.21 Å². The smallest absolute Gasteiger partial charge is 0.0667 e. The van der Waals surface area contributed by atoms with Crippen molar-refractivity contribution in [2.24, 2.45) is 39.2 Å². The third kappa shape index (κ3) is 2.49. The molecule has 0 aliphatic heterocycles. The van der Waals surface area contributed by atoms with Crippen molar-refractivity contribution >= 4 is 11.3 Å². The predicted octanol–water partition coefficient (Wildman–Crippen LogP) is 6.50. The summed E-state index contributed by atoms with van der Waals surface area (Å²) in [5, 5.41) is 13.3. The van der Waals surface area contributed by atoms with E-state index in [1.807, 2.05) is 12.4 Å². The van der Waals surface area contributed by atoms with E-state index in [0.717, 1.165) is 36.3 Å². The summed E-state index contributed by atoms with van der Waals surface area (Å²) in [6, 6.07) is 4.30. The van der Waals surface area contributed by atoms with Crippen LogP contribution < -0.4 is 0 Å². The van der Waals surface area contributed by atoms with Gasteiger partial charge in [-0.2, -0.15) is 0 Å². The van der Waals surface area contributed by atoms with Gasteiger partial charge in [-0.1, -0.05) is 56.6 Å². The average Bonchev–Trinajstić information content (AvgIpc) is 3.05. The van der Waals surface area contributed by atoms with Gasteiger partial charge in [-0.3, -0.25) is 4.98 Å². The normalized spacial score (nSPS) is 41.8. The van der Waals surface area contributed by atoms with Crippen molar-refractivity contribution in [1.82, 2.24) is 4.98 Å². The first-order valence-corrected chi connectivity index (χ1v) is 11.4. The highest BCUT2D eigenvalue weighted by molar-refractivity contribution is 5.93. The van der Waals surface area contributed by atoms with Crippen LogP contribution in [-0.4, -0.2) is 15.9 Å². The number of rotatable bonds is 1. The molecule has 0 aromatic carbocycles. The number of pyridine rings is 1. The van der Waals surface area contributed by atoms with Crippen LogP contribution in [-0.2, 0) is 0 Å². The highest BCUT2D eigenvalue weighted by atomic mass is 16.4. The summed E-state index contributed by atoms with van der Waals surface area (Å²) in [6.07, 6.45) is 16.0. The van der Waals surface area contributed by atoms with E-state index in [0.29, 0.717) is 0 Å². The molecule has 4 aliphatic carbocycles. The first kappa shape index (κ1) is 19.1. The highest BCUT2D eigenvalue weighted by Crippen LogP contribution is 2.67. The number of hydrogen-bond donors (Lipinski definition) is 1. The molecule has 1 aromatic heterocycles. The molecule has 3 heteroatoms. The Morgan fingerprint density at radius 3 is 2.59 bits per heavy atom. The fourth-order valence-electron chi connectivity index (χ4n) is 7.94. The maximum absolute atomic E-state index is 9.58. The van der Waals surface area contributed by atoms with Gasteiger partial charge in [0.15, 0.2) is 0 Å². The standard InChI is InChI=1S/C26H34N2O/c1-24(2)22-10-7-18-20-9-8-19(17-6-5-15-27-16-17)25(20,3)13-11-21(18)26(22,4)14-12-23(24)28-29/h5-6,8,10,15-16,18,20-21,29H,7,9,11-14H2,1-4H3/t18?,20?,21?,25-,26-/m1/s1. The summed E-state index contributed by atoms with van der Waals surface area (Å²) >= 11 is 0. The van der Waals surface area contributed by atoms with Crippen LogP contribution in [0.25, 0.3) is 5.57 Å². The van der Waals surface area contributed by atoms with E-state index >= 15 is 0 Å². The fourth-order valence-corrected chi connectivity index (χ4v) is 7.94. The monoisotopic (exact) mass is 390 g/mol. The van der Waals surface area contributed by atoms with Gasteiger partial charge in [0.25, 0.3) is 0 Å². The summed E-state index contributed by atoms with van der Waals surface area (Å²) in [7, 11) is 0. The Morgan fingerprint density at radius 2 is 1.86 bits per heavy atom. The number of oxime groups is 1. The lowest BCUT2D eigenvalue weighted by atomic mass is 9.44. The van der Waals surface area contributed by atoms with Crippen LogP contribution in [0.1, 0.15) is 71.8 Å². The highest BCUT2D eigenvalue weighted by Gasteiger charge is 2.59. The second-order valence-electron chi connectivity index (χ2n) is 10.9. The Balaban J connectivity index is 1.51. The molecule has 29 heavy (non-hydrogen) atoms. The largest absolute Gasteiger partial charge is 0.411 e. The zero-order chi connectivity index (χ0) is 20.4. The molecule has 0 radical (unpaired) electrons. The molecule has 1 N–H and O–H groups in total.